The summed E-state index contributed by atoms with van der Waals surface area (Å²) >= 11 is 1.86. The molecule has 9 aromatic rings. The van der Waals surface area contributed by atoms with E-state index in [0.717, 1.165) is 39.6 Å². The number of aromatic nitrogens is 3. The molecule has 4 heteroatoms. The van der Waals surface area contributed by atoms with Crippen molar-refractivity contribution in [1.82, 2.24) is 14.5 Å². The van der Waals surface area contributed by atoms with Crippen LogP contribution in [-0.4, -0.2) is 14.5 Å². The Hall–Kier alpha value is -5.58. The summed E-state index contributed by atoms with van der Waals surface area (Å²) in [6, 6.07) is 53.6. The molecule has 0 saturated heterocycles. The fourth-order valence-corrected chi connectivity index (χ4v) is 7.46. The zero-order valence-corrected chi connectivity index (χ0v) is 24.5. The smallest absolute Gasteiger partial charge is 0.160 e. The van der Waals surface area contributed by atoms with Crippen LogP contribution in [0.1, 0.15) is 0 Å². The SMILES string of the molecule is c1ccc(-c2cc(-c3cccc(-n4c5ccccc5c5cc6c(cc54)sc4ccccc46)c3)nc(-c3ccccc3)n2)cc1. The molecule has 0 N–H and O–H groups in total. The molecule has 0 radical (unpaired) electrons. The fraction of sp³-hybridized carbons (Fsp3) is 0. The zero-order chi connectivity index (χ0) is 29.0. The highest BCUT2D eigenvalue weighted by Crippen LogP contribution is 2.41. The van der Waals surface area contributed by atoms with Crippen molar-refractivity contribution < 1.29 is 0 Å². The average Bonchev–Trinajstić information content (AvgIpc) is 3.62. The lowest BCUT2D eigenvalue weighted by atomic mass is 10.1. The molecule has 0 aliphatic heterocycles. The highest BCUT2D eigenvalue weighted by Gasteiger charge is 2.17. The van der Waals surface area contributed by atoms with Gasteiger partial charge in [-0.05, 0) is 42.5 Å². The van der Waals surface area contributed by atoms with Gasteiger partial charge in [-0.15, -0.1) is 11.3 Å². The number of fused-ring (bicyclic) bond motifs is 6. The van der Waals surface area contributed by atoms with E-state index in [1.54, 1.807) is 0 Å². The van der Waals surface area contributed by atoms with Gasteiger partial charge in [-0.1, -0.05) is 109 Å². The van der Waals surface area contributed by atoms with Gasteiger partial charge in [0, 0.05) is 53.3 Å². The van der Waals surface area contributed by atoms with Crippen LogP contribution in [0.25, 0.3) is 81.6 Å². The van der Waals surface area contributed by atoms with Crippen molar-refractivity contribution in [1.29, 1.82) is 0 Å². The Labute approximate surface area is 258 Å². The minimum atomic E-state index is 0.719. The number of thiophene rings is 1. The van der Waals surface area contributed by atoms with Gasteiger partial charge in [0.2, 0.25) is 0 Å². The summed E-state index contributed by atoms with van der Waals surface area (Å²) in [5, 5.41) is 5.16. The summed E-state index contributed by atoms with van der Waals surface area (Å²) in [6.07, 6.45) is 0. The van der Waals surface area contributed by atoms with E-state index in [-0.39, 0.29) is 0 Å². The predicted octanol–water partition coefficient (Wildman–Crippen LogP) is 10.9. The first-order chi connectivity index (χ1) is 21.8. The van der Waals surface area contributed by atoms with Gasteiger partial charge in [-0.2, -0.15) is 0 Å². The van der Waals surface area contributed by atoms with Crippen LogP contribution in [0.5, 0.6) is 0 Å². The summed E-state index contributed by atoms with van der Waals surface area (Å²) in [5.41, 5.74) is 8.43. The van der Waals surface area contributed by atoms with E-state index in [0.29, 0.717) is 0 Å². The predicted molar refractivity (Wildman–Crippen MR) is 186 cm³/mol. The van der Waals surface area contributed by atoms with Crippen LogP contribution in [0.15, 0.2) is 152 Å². The van der Waals surface area contributed by atoms with Gasteiger partial charge in [0.25, 0.3) is 0 Å². The van der Waals surface area contributed by atoms with E-state index in [4.69, 9.17) is 9.97 Å². The molecule has 206 valence electrons. The molecule has 3 nitrogen and oxygen atoms in total. The average molecular weight is 580 g/mol. The molecule has 0 unspecified atom stereocenters. The van der Waals surface area contributed by atoms with Gasteiger partial charge >= 0.3 is 0 Å². The van der Waals surface area contributed by atoms with Crippen LogP contribution in [0.2, 0.25) is 0 Å². The molecule has 3 heterocycles. The molecular formula is C40H25N3S. The summed E-state index contributed by atoms with van der Waals surface area (Å²) < 4.78 is 5.02. The molecule has 0 spiro atoms. The maximum Gasteiger partial charge on any atom is 0.160 e. The highest BCUT2D eigenvalue weighted by atomic mass is 32.1. The first-order valence-electron chi connectivity index (χ1n) is 14.8. The van der Waals surface area contributed by atoms with Crippen LogP contribution in [0.4, 0.5) is 0 Å². The number of hydrogen-bond donors (Lipinski definition) is 0. The van der Waals surface area contributed by atoms with Crippen molar-refractivity contribution in [2.24, 2.45) is 0 Å². The molecule has 0 aliphatic carbocycles. The lowest BCUT2D eigenvalue weighted by Gasteiger charge is -2.12. The van der Waals surface area contributed by atoms with Gasteiger partial charge in [0.05, 0.1) is 22.4 Å². The lowest BCUT2D eigenvalue weighted by Crippen LogP contribution is -1.97. The number of benzene rings is 6. The third-order valence-electron chi connectivity index (χ3n) is 8.40. The monoisotopic (exact) mass is 579 g/mol. The summed E-state index contributed by atoms with van der Waals surface area (Å²) in [5.74, 6) is 0.719. The van der Waals surface area contributed by atoms with Crippen LogP contribution < -0.4 is 0 Å². The Bertz CT molecular complexity index is 2430. The second-order valence-corrected chi connectivity index (χ2v) is 12.1. The van der Waals surface area contributed by atoms with E-state index >= 15 is 0 Å². The highest BCUT2D eigenvalue weighted by molar-refractivity contribution is 7.25. The second kappa shape index (κ2) is 10.0. The van der Waals surface area contributed by atoms with E-state index in [2.05, 4.69) is 132 Å². The van der Waals surface area contributed by atoms with Crippen LogP contribution in [-0.2, 0) is 0 Å². The largest absolute Gasteiger partial charge is 0.309 e. The van der Waals surface area contributed by atoms with Crippen molar-refractivity contribution in [3.05, 3.63) is 152 Å². The Balaban J connectivity index is 1.27. The van der Waals surface area contributed by atoms with Gasteiger partial charge in [-0.3, -0.25) is 0 Å². The Kier molecular flexibility index (Phi) is 5.68. The molecule has 0 aliphatic rings. The van der Waals surface area contributed by atoms with Crippen molar-refractivity contribution in [2.45, 2.75) is 0 Å². The normalized spacial score (nSPS) is 11.6. The number of para-hydroxylation sites is 1. The Morgan fingerprint density at radius 1 is 0.409 bits per heavy atom. The van der Waals surface area contributed by atoms with Crippen molar-refractivity contribution in [3.63, 3.8) is 0 Å². The van der Waals surface area contributed by atoms with Crippen LogP contribution in [0, 0.1) is 0 Å². The molecule has 0 fully saturated rings. The third-order valence-corrected chi connectivity index (χ3v) is 9.53. The Morgan fingerprint density at radius 2 is 1.07 bits per heavy atom. The molecule has 44 heavy (non-hydrogen) atoms. The molecule has 0 amide bonds. The molecule has 0 saturated carbocycles. The van der Waals surface area contributed by atoms with Crippen molar-refractivity contribution in [3.8, 4) is 39.6 Å². The number of hydrogen-bond acceptors (Lipinski definition) is 3. The molecular weight excluding hydrogens is 555 g/mol. The van der Waals surface area contributed by atoms with Crippen molar-refractivity contribution >= 4 is 53.3 Å². The van der Waals surface area contributed by atoms with Gasteiger partial charge in [0.15, 0.2) is 5.82 Å². The molecule has 9 rings (SSSR count). The summed E-state index contributed by atoms with van der Waals surface area (Å²) in [6.45, 7) is 0. The van der Waals surface area contributed by atoms with E-state index < -0.39 is 0 Å². The quantitative estimate of drug-likeness (QED) is 0.208. The maximum absolute atomic E-state index is 5.09. The first-order valence-corrected chi connectivity index (χ1v) is 15.6. The van der Waals surface area contributed by atoms with Gasteiger partial charge in [-0.25, -0.2) is 9.97 Å². The third kappa shape index (κ3) is 4.03. The molecule has 3 aromatic heterocycles. The minimum Gasteiger partial charge on any atom is -0.309 e. The maximum atomic E-state index is 5.09. The van der Waals surface area contributed by atoms with Crippen LogP contribution in [0.3, 0.4) is 0 Å². The minimum absolute atomic E-state index is 0.719. The second-order valence-electron chi connectivity index (χ2n) is 11.1. The van der Waals surface area contributed by atoms with Gasteiger partial charge < -0.3 is 4.57 Å². The zero-order valence-electron chi connectivity index (χ0n) is 23.7. The standard InChI is InChI=1S/C40H25N3S/c1-3-12-26(13-4-1)34-24-35(42-40(41-34)27-14-5-2-6-15-27)28-16-11-17-29(22-28)43-36-20-9-7-18-30(36)32-23-33-31-19-8-10-21-38(31)44-39(33)25-37(32)43/h1-25H. The Morgan fingerprint density at radius 3 is 1.89 bits per heavy atom. The fourth-order valence-electron chi connectivity index (χ4n) is 6.34. The molecule has 6 aromatic carbocycles. The molecule has 0 atom stereocenters. The van der Waals surface area contributed by atoms with E-state index in [1.807, 2.05) is 35.6 Å². The number of nitrogens with zero attached hydrogens (tertiary/aromatic N) is 3. The van der Waals surface area contributed by atoms with Crippen molar-refractivity contribution in [2.75, 3.05) is 0 Å². The molecule has 0 bridgehead atoms. The number of rotatable bonds is 4. The summed E-state index contributed by atoms with van der Waals surface area (Å²) in [4.78, 5) is 10.1. The topological polar surface area (TPSA) is 30.7 Å². The lowest BCUT2D eigenvalue weighted by molar-refractivity contribution is 1.16. The summed E-state index contributed by atoms with van der Waals surface area (Å²) in [7, 11) is 0. The first kappa shape index (κ1) is 25.0. The van der Waals surface area contributed by atoms with E-state index in [1.165, 1.54) is 42.0 Å². The van der Waals surface area contributed by atoms with E-state index in [9.17, 15) is 0 Å². The van der Waals surface area contributed by atoms with Crippen LogP contribution >= 0.6 is 11.3 Å². The van der Waals surface area contributed by atoms with Gasteiger partial charge in [0.1, 0.15) is 0 Å².